The molecule has 0 atom stereocenters. The van der Waals surface area contributed by atoms with Crippen LogP contribution in [0.1, 0.15) is 31.9 Å². The van der Waals surface area contributed by atoms with Gasteiger partial charge in [-0.1, -0.05) is 32.9 Å². The molecule has 2 aromatic rings. The zero-order chi connectivity index (χ0) is 12.6. The van der Waals surface area contributed by atoms with Gasteiger partial charge >= 0.3 is 0 Å². The van der Waals surface area contributed by atoms with Crippen molar-refractivity contribution in [1.29, 1.82) is 0 Å². The summed E-state index contributed by atoms with van der Waals surface area (Å²) in [5, 5.41) is 6.95. The van der Waals surface area contributed by atoms with Crippen LogP contribution in [0.5, 0.6) is 0 Å². The number of anilines is 1. The van der Waals surface area contributed by atoms with E-state index >= 15 is 0 Å². The molecule has 2 rings (SSSR count). The van der Waals surface area contributed by atoms with Gasteiger partial charge in [0.2, 0.25) is 0 Å². The fourth-order valence-corrected chi connectivity index (χ4v) is 1.87. The summed E-state index contributed by atoms with van der Waals surface area (Å²) in [6, 6.07) is 6.50. The molecule has 3 N–H and O–H groups in total. The third kappa shape index (κ3) is 2.18. The molecular weight excluding hydrogens is 210 g/mol. The average Bonchev–Trinajstić information content (AvgIpc) is 2.63. The number of rotatable bonds is 1. The molecule has 90 valence electrons. The van der Waals surface area contributed by atoms with Crippen LogP contribution in [0.15, 0.2) is 24.4 Å². The summed E-state index contributed by atoms with van der Waals surface area (Å²) in [5.74, 6) is 0. The van der Waals surface area contributed by atoms with E-state index in [4.69, 9.17) is 5.73 Å². The van der Waals surface area contributed by atoms with Crippen LogP contribution >= 0.6 is 0 Å². The lowest BCUT2D eigenvalue weighted by Gasteiger charge is -2.20. The summed E-state index contributed by atoms with van der Waals surface area (Å²) >= 11 is 0. The standard InChI is InChI=1S/C14H19N3/c1-9-5-6-10(14(2,3)4)7-11(9)13-12(15)8-16-17-13/h5-8H,15H2,1-4H3,(H,16,17). The highest BCUT2D eigenvalue weighted by Crippen LogP contribution is 2.31. The monoisotopic (exact) mass is 229 g/mol. The van der Waals surface area contributed by atoms with E-state index in [0.717, 1.165) is 11.3 Å². The second-order valence-electron chi connectivity index (χ2n) is 5.48. The first-order chi connectivity index (χ1) is 7.89. The van der Waals surface area contributed by atoms with Crippen molar-refractivity contribution in [3.8, 4) is 11.3 Å². The molecule has 1 aromatic carbocycles. The van der Waals surface area contributed by atoms with E-state index < -0.39 is 0 Å². The fourth-order valence-electron chi connectivity index (χ4n) is 1.87. The summed E-state index contributed by atoms with van der Waals surface area (Å²) in [6.07, 6.45) is 1.65. The molecular formula is C14H19N3. The maximum Gasteiger partial charge on any atom is 0.0882 e. The molecule has 0 fully saturated rings. The molecule has 3 heteroatoms. The van der Waals surface area contributed by atoms with Crippen molar-refractivity contribution in [2.75, 3.05) is 5.73 Å². The van der Waals surface area contributed by atoms with Gasteiger partial charge in [-0.2, -0.15) is 5.10 Å². The zero-order valence-corrected chi connectivity index (χ0v) is 10.8. The Morgan fingerprint density at radius 1 is 1.24 bits per heavy atom. The molecule has 1 heterocycles. The molecule has 0 spiro atoms. The molecule has 17 heavy (non-hydrogen) atoms. The first-order valence-electron chi connectivity index (χ1n) is 5.80. The lowest BCUT2D eigenvalue weighted by Crippen LogP contribution is -2.11. The van der Waals surface area contributed by atoms with Crippen LogP contribution in [0.2, 0.25) is 0 Å². The Bertz CT molecular complexity index is 533. The number of aromatic nitrogens is 2. The number of nitrogens with one attached hydrogen (secondary N) is 1. The second kappa shape index (κ2) is 3.91. The highest BCUT2D eigenvalue weighted by atomic mass is 15.1. The molecule has 1 aromatic heterocycles. The molecule has 3 nitrogen and oxygen atoms in total. The third-order valence-electron chi connectivity index (χ3n) is 3.04. The van der Waals surface area contributed by atoms with Crippen molar-refractivity contribution < 1.29 is 0 Å². The van der Waals surface area contributed by atoms with Crippen LogP contribution in [0, 0.1) is 6.92 Å². The van der Waals surface area contributed by atoms with Crippen LogP contribution in [0.3, 0.4) is 0 Å². The normalized spacial score (nSPS) is 11.8. The van der Waals surface area contributed by atoms with Gasteiger partial charge in [0, 0.05) is 5.56 Å². The van der Waals surface area contributed by atoms with E-state index in [-0.39, 0.29) is 5.41 Å². The number of aryl methyl sites for hydroxylation is 1. The Balaban J connectivity index is 2.58. The van der Waals surface area contributed by atoms with Crippen molar-refractivity contribution in [3.63, 3.8) is 0 Å². The minimum atomic E-state index is 0.136. The second-order valence-corrected chi connectivity index (χ2v) is 5.48. The Kier molecular flexibility index (Phi) is 2.69. The van der Waals surface area contributed by atoms with Crippen LogP contribution in [0.25, 0.3) is 11.3 Å². The van der Waals surface area contributed by atoms with Gasteiger partial charge in [-0.15, -0.1) is 0 Å². The van der Waals surface area contributed by atoms with Crippen LogP contribution in [-0.4, -0.2) is 10.2 Å². The molecule has 0 aliphatic carbocycles. The van der Waals surface area contributed by atoms with Gasteiger partial charge in [0.1, 0.15) is 0 Å². The van der Waals surface area contributed by atoms with E-state index in [1.54, 1.807) is 6.20 Å². The highest BCUT2D eigenvalue weighted by Gasteiger charge is 2.16. The number of nitrogens with two attached hydrogens (primary N) is 1. The third-order valence-corrected chi connectivity index (χ3v) is 3.04. The van der Waals surface area contributed by atoms with Crippen molar-refractivity contribution in [3.05, 3.63) is 35.5 Å². The van der Waals surface area contributed by atoms with E-state index in [0.29, 0.717) is 5.69 Å². The number of aromatic amines is 1. The lowest BCUT2D eigenvalue weighted by atomic mass is 9.85. The summed E-state index contributed by atoms with van der Waals surface area (Å²) in [5.41, 5.74) is 11.3. The number of benzene rings is 1. The SMILES string of the molecule is Cc1ccc(C(C)(C)C)cc1-c1[nH]ncc1N. The number of hydrogen-bond acceptors (Lipinski definition) is 2. The van der Waals surface area contributed by atoms with Gasteiger partial charge in [0.15, 0.2) is 0 Å². The van der Waals surface area contributed by atoms with Gasteiger partial charge in [0.25, 0.3) is 0 Å². The van der Waals surface area contributed by atoms with E-state index in [2.05, 4.69) is 56.1 Å². The average molecular weight is 229 g/mol. The highest BCUT2D eigenvalue weighted by molar-refractivity contribution is 5.74. The molecule has 0 aliphatic rings. The maximum atomic E-state index is 5.91. The van der Waals surface area contributed by atoms with Crippen molar-refractivity contribution in [1.82, 2.24) is 10.2 Å². The predicted octanol–water partition coefficient (Wildman–Crippen LogP) is 3.26. The molecule has 0 bridgehead atoms. The van der Waals surface area contributed by atoms with E-state index in [9.17, 15) is 0 Å². The maximum absolute atomic E-state index is 5.91. The quantitative estimate of drug-likeness (QED) is 0.788. The van der Waals surface area contributed by atoms with Gasteiger partial charge in [-0.25, -0.2) is 0 Å². The van der Waals surface area contributed by atoms with Crippen LogP contribution in [0.4, 0.5) is 5.69 Å². The Morgan fingerprint density at radius 3 is 2.47 bits per heavy atom. The minimum absolute atomic E-state index is 0.136. The van der Waals surface area contributed by atoms with Crippen molar-refractivity contribution >= 4 is 5.69 Å². The fraction of sp³-hybridized carbons (Fsp3) is 0.357. The van der Waals surface area contributed by atoms with Crippen molar-refractivity contribution in [2.45, 2.75) is 33.1 Å². The minimum Gasteiger partial charge on any atom is -0.396 e. The molecule has 0 saturated heterocycles. The summed E-state index contributed by atoms with van der Waals surface area (Å²) in [4.78, 5) is 0. The van der Waals surface area contributed by atoms with Gasteiger partial charge in [-0.3, -0.25) is 5.10 Å². The number of nitrogens with zero attached hydrogens (tertiary/aromatic N) is 1. The lowest BCUT2D eigenvalue weighted by molar-refractivity contribution is 0.590. The first-order valence-corrected chi connectivity index (χ1v) is 5.80. The summed E-state index contributed by atoms with van der Waals surface area (Å²) in [6.45, 7) is 8.70. The Labute approximate surface area is 102 Å². The van der Waals surface area contributed by atoms with E-state index in [1.165, 1.54) is 11.1 Å². The largest absolute Gasteiger partial charge is 0.396 e. The first kappa shape index (κ1) is 11.7. The smallest absolute Gasteiger partial charge is 0.0882 e. The van der Waals surface area contributed by atoms with Gasteiger partial charge in [-0.05, 0) is 29.5 Å². The van der Waals surface area contributed by atoms with Gasteiger partial charge < -0.3 is 5.73 Å². The molecule has 0 saturated carbocycles. The van der Waals surface area contributed by atoms with Crippen molar-refractivity contribution in [2.24, 2.45) is 0 Å². The van der Waals surface area contributed by atoms with Crippen LogP contribution < -0.4 is 5.73 Å². The van der Waals surface area contributed by atoms with Crippen LogP contribution in [-0.2, 0) is 5.41 Å². The summed E-state index contributed by atoms with van der Waals surface area (Å²) in [7, 11) is 0. The predicted molar refractivity (Wildman–Crippen MR) is 71.9 cm³/mol. The number of nitrogen functional groups attached to an aromatic ring is 1. The molecule has 0 radical (unpaired) electrons. The number of hydrogen-bond donors (Lipinski definition) is 2. The summed E-state index contributed by atoms with van der Waals surface area (Å²) < 4.78 is 0. The topological polar surface area (TPSA) is 54.7 Å². The molecule has 0 amide bonds. The Morgan fingerprint density at radius 2 is 1.94 bits per heavy atom. The van der Waals surface area contributed by atoms with Gasteiger partial charge in [0.05, 0.1) is 17.6 Å². The molecule has 0 unspecified atom stereocenters. The Hall–Kier alpha value is -1.77. The molecule has 0 aliphatic heterocycles. The zero-order valence-electron chi connectivity index (χ0n) is 10.8. The van der Waals surface area contributed by atoms with E-state index in [1.807, 2.05) is 0 Å². The number of H-pyrrole nitrogens is 1.